The maximum absolute atomic E-state index is 11.9. The van der Waals surface area contributed by atoms with Gasteiger partial charge in [0.15, 0.2) is 0 Å². The number of benzene rings is 1. The molecule has 0 aliphatic carbocycles. The molecule has 0 spiro atoms. The molecule has 0 saturated heterocycles. The molecule has 2 aromatic rings. The van der Waals surface area contributed by atoms with Gasteiger partial charge < -0.3 is 10.6 Å². The Balaban J connectivity index is 1.62. The van der Waals surface area contributed by atoms with Gasteiger partial charge >= 0.3 is 0 Å². The number of pyridine rings is 1. The van der Waals surface area contributed by atoms with Crippen LogP contribution in [0.15, 0.2) is 53.1 Å². The molecule has 5 nitrogen and oxygen atoms in total. The van der Waals surface area contributed by atoms with E-state index in [1.54, 1.807) is 30.5 Å². The second kappa shape index (κ2) is 9.05. The molecule has 0 aliphatic rings. The lowest BCUT2D eigenvalue weighted by atomic mass is 10.2. The van der Waals surface area contributed by atoms with Crippen LogP contribution in [0.25, 0.3) is 0 Å². The van der Waals surface area contributed by atoms with Crippen LogP contribution >= 0.6 is 15.9 Å². The Morgan fingerprint density at radius 3 is 2.48 bits per heavy atom. The normalized spacial score (nSPS) is 10.1. The fraction of sp³-hybridized carbons (Fsp3) is 0.235. The van der Waals surface area contributed by atoms with Crippen molar-refractivity contribution < 1.29 is 9.59 Å². The van der Waals surface area contributed by atoms with Gasteiger partial charge in [-0.1, -0.05) is 22.0 Å². The van der Waals surface area contributed by atoms with E-state index in [0.29, 0.717) is 25.1 Å². The van der Waals surface area contributed by atoms with Crippen molar-refractivity contribution >= 4 is 27.7 Å². The van der Waals surface area contributed by atoms with E-state index < -0.39 is 0 Å². The summed E-state index contributed by atoms with van der Waals surface area (Å²) in [5, 5.41) is 5.55. The van der Waals surface area contributed by atoms with Crippen LogP contribution in [0.1, 0.15) is 22.5 Å². The van der Waals surface area contributed by atoms with E-state index >= 15 is 0 Å². The lowest BCUT2D eigenvalue weighted by Gasteiger charge is -2.07. The standard InChI is InChI=1S/C17H18BrN3O2/c18-14-6-4-13(5-7-14)17(23)21-12-9-16(22)20-11-8-15-3-1-2-10-19-15/h1-7,10H,8-9,11-12H2,(H,20,22)(H,21,23). The van der Waals surface area contributed by atoms with Crippen molar-refractivity contribution in [3.63, 3.8) is 0 Å². The third-order valence-electron chi connectivity index (χ3n) is 3.17. The van der Waals surface area contributed by atoms with Crippen LogP contribution in [0.5, 0.6) is 0 Å². The summed E-state index contributed by atoms with van der Waals surface area (Å²) in [6, 6.07) is 12.8. The highest BCUT2D eigenvalue weighted by Crippen LogP contribution is 2.10. The molecule has 0 bridgehead atoms. The Hall–Kier alpha value is -2.21. The number of nitrogens with one attached hydrogen (secondary N) is 2. The predicted molar refractivity (Wildman–Crippen MR) is 92.0 cm³/mol. The van der Waals surface area contributed by atoms with Crippen LogP contribution in [0, 0.1) is 0 Å². The van der Waals surface area contributed by atoms with E-state index in [9.17, 15) is 9.59 Å². The SMILES string of the molecule is O=C(CCNC(=O)c1ccc(Br)cc1)NCCc1ccccn1. The summed E-state index contributed by atoms with van der Waals surface area (Å²) in [6.45, 7) is 0.848. The van der Waals surface area contributed by atoms with E-state index in [1.807, 2.05) is 18.2 Å². The largest absolute Gasteiger partial charge is 0.356 e. The molecule has 1 aromatic heterocycles. The first-order chi connectivity index (χ1) is 11.1. The van der Waals surface area contributed by atoms with Crippen LogP contribution in [-0.2, 0) is 11.2 Å². The first kappa shape index (κ1) is 17.1. The number of carbonyl (C=O) groups is 2. The molecule has 0 fully saturated rings. The van der Waals surface area contributed by atoms with Gasteiger partial charge in [-0.25, -0.2) is 0 Å². The second-order valence-corrected chi connectivity index (χ2v) is 5.85. The molecule has 120 valence electrons. The quantitative estimate of drug-likeness (QED) is 0.779. The zero-order valence-corrected chi connectivity index (χ0v) is 14.2. The summed E-state index contributed by atoms with van der Waals surface area (Å²) in [5.74, 6) is -0.268. The Morgan fingerprint density at radius 1 is 1.00 bits per heavy atom. The summed E-state index contributed by atoms with van der Waals surface area (Å²) < 4.78 is 0.918. The summed E-state index contributed by atoms with van der Waals surface area (Å²) >= 11 is 3.32. The first-order valence-electron chi connectivity index (χ1n) is 7.35. The molecule has 0 radical (unpaired) electrons. The molecule has 1 aromatic carbocycles. The van der Waals surface area contributed by atoms with Crippen LogP contribution in [0.3, 0.4) is 0 Å². The van der Waals surface area contributed by atoms with Gasteiger partial charge in [0, 0.05) is 47.9 Å². The van der Waals surface area contributed by atoms with Gasteiger partial charge in [-0.3, -0.25) is 14.6 Å². The number of halogens is 1. The van der Waals surface area contributed by atoms with Gasteiger partial charge in [0.05, 0.1) is 0 Å². The fourth-order valence-electron chi connectivity index (χ4n) is 1.96. The topological polar surface area (TPSA) is 71.1 Å². The average Bonchev–Trinajstić information content (AvgIpc) is 2.56. The number of amides is 2. The Bertz CT molecular complexity index is 645. The van der Waals surface area contributed by atoms with E-state index in [2.05, 4.69) is 31.5 Å². The van der Waals surface area contributed by atoms with E-state index in [1.165, 1.54) is 0 Å². The van der Waals surface area contributed by atoms with E-state index in [4.69, 9.17) is 0 Å². The molecule has 1 heterocycles. The molecule has 0 aliphatic heterocycles. The molecule has 2 rings (SSSR count). The highest BCUT2D eigenvalue weighted by molar-refractivity contribution is 9.10. The smallest absolute Gasteiger partial charge is 0.251 e. The van der Waals surface area contributed by atoms with Crippen molar-refractivity contribution in [2.45, 2.75) is 12.8 Å². The number of aromatic nitrogens is 1. The molecule has 2 amide bonds. The van der Waals surface area contributed by atoms with Crippen molar-refractivity contribution in [3.05, 3.63) is 64.4 Å². The highest BCUT2D eigenvalue weighted by Gasteiger charge is 2.06. The summed E-state index contributed by atoms with van der Waals surface area (Å²) in [6.07, 6.45) is 2.68. The fourth-order valence-corrected chi connectivity index (χ4v) is 2.22. The lowest BCUT2D eigenvalue weighted by Crippen LogP contribution is -2.31. The number of rotatable bonds is 7. The van der Waals surface area contributed by atoms with Gasteiger partial charge in [0.2, 0.25) is 5.91 Å². The van der Waals surface area contributed by atoms with Crippen molar-refractivity contribution in [1.82, 2.24) is 15.6 Å². The molecule has 2 N–H and O–H groups in total. The summed E-state index contributed by atoms with van der Waals surface area (Å²) in [7, 11) is 0. The van der Waals surface area contributed by atoms with Gasteiger partial charge in [-0.2, -0.15) is 0 Å². The van der Waals surface area contributed by atoms with Crippen molar-refractivity contribution in [2.75, 3.05) is 13.1 Å². The van der Waals surface area contributed by atoms with Crippen molar-refractivity contribution in [1.29, 1.82) is 0 Å². The average molecular weight is 376 g/mol. The Morgan fingerprint density at radius 2 is 1.78 bits per heavy atom. The monoisotopic (exact) mass is 375 g/mol. The lowest BCUT2D eigenvalue weighted by molar-refractivity contribution is -0.120. The molecule has 0 saturated carbocycles. The number of carbonyl (C=O) groups excluding carboxylic acids is 2. The van der Waals surface area contributed by atoms with Crippen LogP contribution in [-0.4, -0.2) is 29.9 Å². The van der Waals surface area contributed by atoms with Gasteiger partial charge in [0.1, 0.15) is 0 Å². The molecule has 0 unspecified atom stereocenters. The van der Waals surface area contributed by atoms with Crippen molar-refractivity contribution in [3.8, 4) is 0 Å². The maximum Gasteiger partial charge on any atom is 0.251 e. The van der Waals surface area contributed by atoms with E-state index in [-0.39, 0.29) is 18.2 Å². The van der Waals surface area contributed by atoms with Crippen LogP contribution < -0.4 is 10.6 Å². The van der Waals surface area contributed by atoms with Crippen LogP contribution in [0.2, 0.25) is 0 Å². The van der Waals surface area contributed by atoms with Gasteiger partial charge in [0.25, 0.3) is 5.91 Å². The molecule has 0 atom stereocenters. The number of hydrogen-bond donors (Lipinski definition) is 2. The van der Waals surface area contributed by atoms with E-state index in [0.717, 1.165) is 10.2 Å². The minimum Gasteiger partial charge on any atom is -0.356 e. The van der Waals surface area contributed by atoms with Crippen molar-refractivity contribution in [2.24, 2.45) is 0 Å². The predicted octanol–water partition coefficient (Wildman–Crippen LogP) is 2.32. The third kappa shape index (κ3) is 6.20. The minimum atomic E-state index is -0.182. The summed E-state index contributed by atoms with van der Waals surface area (Å²) in [5.41, 5.74) is 1.51. The zero-order chi connectivity index (χ0) is 16.5. The molecule has 23 heavy (non-hydrogen) atoms. The number of hydrogen-bond acceptors (Lipinski definition) is 3. The second-order valence-electron chi connectivity index (χ2n) is 4.93. The first-order valence-corrected chi connectivity index (χ1v) is 8.15. The van der Waals surface area contributed by atoms with Crippen LogP contribution in [0.4, 0.5) is 0 Å². The Kier molecular flexibility index (Phi) is 6.75. The minimum absolute atomic E-state index is 0.0861. The molecular weight excluding hydrogens is 358 g/mol. The number of nitrogens with zero attached hydrogens (tertiary/aromatic N) is 1. The molecular formula is C17H18BrN3O2. The Labute approximate surface area is 143 Å². The maximum atomic E-state index is 11.9. The highest BCUT2D eigenvalue weighted by atomic mass is 79.9. The van der Waals surface area contributed by atoms with Gasteiger partial charge in [-0.05, 0) is 36.4 Å². The zero-order valence-electron chi connectivity index (χ0n) is 12.6. The molecule has 6 heteroatoms. The third-order valence-corrected chi connectivity index (χ3v) is 3.70. The van der Waals surface area contributed by atoms with Gasteiger partial charge in [-0.15, -0.1) is 0 Å². The summed E-state index contributed by atoms with van der Waals surface area (Å²) in [4.78, 5) is 27.8.